The molecule has 0 atom stereocenters. The van der Waals surface area contributed by atoms with Gasteiger partial charge < -0.3 is 4.74 Å². The largest absolute Gasteiger partial charge is 0.459 e. The highest BCUT2D eigenvalue weighted by molar-refractivity contribution is 5.88. The van der Waals surface area contributed by atoms with Crippen LogP contribution < -0.4 is 0 Å². The Bertz CT molecular complexity index is 318. The third-order valence-electron chi connectivity index (χ3n) is 1.28. The average molecular weight is 190 g/mol. The number of carbonyl (C=O) groups is 1. The molecule has 14 heavy (non-hydrogen) atoms. The lowest BCUT2D eigenvalue weighted by atomic mass is 10.2. The van der Waals surface area contributed by atoms with Crippen LogP contribution in [-0.2, 0) is 9.53 Å². The van der Waals surface area contributed by atoms with Gasteiger partial charge in [0.1, 0.15) is 0 Å². The predicted molar refractivity (Wildman–Crippen MR) is 56.2 cm³/mol. The zero-order valence-corrected chi connectivity index (χ0v) is 8.64. The van der Waals surface area contributed by atoms with Gasteiger partial charge in [0.25, 0.3) is 0 Å². The van der Waals surface area contributed by atoms with Gasteiger partial charge in [-0.25, -0.2) is 4.79 Å². The van der Waals surface area contributed by atoms with E-state index >= 15 is 0 Å². The lowest BCUT2D eigenvalue weighted by Crippen LogP contribution is -1.93. The molecule has 0 aliphatic heterocycles. The summed E-state index contributed by atoms with van der Waals surface area (Å²) in [4.78, 5) is 10.6. The van der Waals surface area contributed by atoms with E-state index in [2.05, 4.69) is 35.0 Å². The molecule has 0 aromatic heterocycles. The number of ether oxygens (including phenoxy) is 1. The van der Waals surface area contributed by atoms with E-state index in [1.807, 2.05) is 6.92 Å². The van der Waals surface area contributed by atoms with Crippen molar-refractivity contribution < 1.29 is 9.53 Å². The highest BCUT2D eigenvalue weighted by atomic mass is 16.5. The maximum Gasteiger partial charge on any atom is 0.384 e. The van der Waals surface area contributed by atoms with E-state index < -0.39 is 5.97 Å². The molecular weight excluding hydrogens is 176 g/mol. The molecule has 0 aliphatic rings. The molecule has 0 bridgehead atoms. The Balaban J connectivity index is 3.56. The summed E-state index contributed by atoms with van der Waals surface area (Å²) in [6.07, 6.45) is 2.31. The molecule has 0 amide bonds. The summed E-state index contributed by atoms with van der Waals surface area (Å²) in [5.74, 6) is 10.4. The summed E-state index contributed by atoms with van der Waals surface area (Å²) in [6.45, 7) is 5.53. The Labute approximate surface area is 85.3 Å². The number of allylic oxidation sites excluding steroid dienone is 1. The third-order valence-corrected chi connectivity index (χ3v) is 1.28. The lowest BCUT2D eigenvalue weighted by molar-refractivity contribution is -0.133. The van der Waals surface area contributed by atoms with Crippen LogP contribution in [0.3, 0.4) is 0 Å². The van der Waals surface area contributed by atoms with E-state index in [1.165, 1.54) is 7.11 Å². The number of carbonyl (C=O) groups excluding carboxylic acids is 1. The number of hydrogen-bond donors (Lipinski definition) is 0. The number of rotatable bonds is 2. The van der Waals surface area contributed by atoms with Gasteiger partial charge in [-0.1, -0.05) is 24.3 Å². The number of esters is 1. The van der Waals surface area contributed by atoms with Crippen LogP contribution in [-0.4, -0.2) is 13.1 Å². The maximum absolute atomic E-state index is 10.6. The van der Waals surface area contributed by atoms with Crippen molar-refractivity contribution in [1.82, 2.24) is 0 Å². The van der Waals surface area contributed by atoms with Gasteiger partial charge >= 0.3 is 5.97 Å². The SMILES string of the molecule is C=C(C)C#CCCCC#CC(=O)OC. The summed E-state index contributed by atoms with van der Waals surface area (Å²) in [6, 6.07) is 0. The molecular formula is C12H14O2. The predicted octanol–water partition coefficient (Wildman–Crippen LogP) is 1.91. The summed E-state index contributed by atoms with van der Waals surface area (Å²) < 4.78 is 4.36. The molecule has 2 nitrogen and oxygen atoms in total. The Morgan fingerprint density at radius 1 is 1.29 bits per heavy atom. The van der Waals surface area contributed by atoms with E-state index in [4.69, 9.17) is 0 Å². The second-order valence-electron chi connectivity index (χ2n) is 2.73. The van der Waals surface area contributed by atoms with Gasteiger partial charge in [-0.05, 0) is 18.9 Å². The van der Waals surface area contributed by atoms with Crippen LogP contribution in [0, 0.1) is 23.7 Å². The molecule has 0 N–H and O–H groups in total. The first-order valence-corrected chi connectivity index (χ1v) is 4.38. The molecule has 2 heteroatoms. The van der Waals surface area contributed by atoms with E-state index in [-0.39, 0.29) is 0 Å². The van der Waals surface area contributed by atoms with Crippen LogP contribution in [0.4, 0.5) is 0 Å². The summed E-state index contributed by atoms with van der Waals surface area (Å²) in [5, 5.41) is 0. The summed E-state index contributed by atoms with van der Waals surface area (Å²) >= 11 is 0. The van der Waals surface area contributed by atoms with Crippen LogP contribution >= 0.6 is 0 Å². The standard InChI is InChI=1S/C12H14O2/c1-11(2)9-7-5-4-6-8-10-12(13)14-3/h1,4-6H2,2-3H3. The van der Waals surface area contributed by atoms with E-state index in [1.54, 1.807) is 0 Å². The molecule has 0 unspecified atom stereocenters. The Morgan fingerprint density at radius 2 is 1.86 bits per heavy atom. The van der Waals surface area contributed by atoms with Crippen LogP contribution in [0.2, 0.25) is 0 Å². The van der Waals surface area contributed by atoms with Gasteiger partial charge in [-0.15, -0.1) is 0 Å². The van der Waals surface area contributed by atoms with Crippen LogP contribution in [0.5, 0.6) is 0 Å². The second-order valence-corrected chi connectivity index (χ2v) is 2.73. The number of hydrogen-bond acceptors (Lipinski definition) is 2. The molecule has 0 aliphatic carbocycles. The Hall–Kier alpha value is -1.67. The molecule has 0 fully saturated rings. The normalized spacial score (nSPS) is 7.57. The van der Waals surface area contributed by atoms with Crippen molar-refractivity contribution in [2.75, 3.05) is 7.11 Å². The Morgan fingerprint density at radius 3 is 2.36 bits per heavy atom. The van der Waals surface area contributed by atoms with Gasteiger partial charge in [0.2, 0.25) is 0 Å². The van der Waals surface area contributed by atoms with Gasteiger partial charge in [0.05, 0.1) is 7.11 Å². The Kier molecular flexibility index (Phi) is 7.00. The summed E-state index contributed by atoms with van der Waals surface area (Å²) in [5.41, 5.74) is 0.866. The van der Waals surface area contributed by atoms with Gasteiger partial charge in [0.15, 0.2) is 0 Å². The molecule has 0 saturated heterocycles. The molecule has 0 radical (unpaired) electrons. The van der Waals surface area contributed by atoms with Crippen molar-refractivity contribution >= 4 is 5.97 Å². The van der Waals surface area contributed by atoms with Crippen molar-refractivity contribution in [2.45, 2.75) is 26.2 Å². The zero-order valence-electron chi connectivity index (χ0n) is 8.64. The lowest BCUT2D eigenvalue weighted by Gasteiger charge is -1.86. The minimum Gasteiger partial charge on any atom is -0.459 e. The van der Waals surface area contributed by atoms with Crippen LogP contribution in [0.15, 0.2) is 12.2 Å². The van der Waals surface area contributed by atoms with Crippen molar-refractivity contribution in [3.8, 4) is 23.7 Å². The van der Waals surface area contributed by atoms with Crippen LogP contribution in [0.1, 0.15) is 26.2 Å². The highest BCUT2D eigenvalue weighted by Gasteiger charge is 1.87. The smallest absolute Gasteiger partial charge is 0.384 e. The van der Waals surface area contributed by atoms with Gasteiger partial charge in [-0.2, -0.15) is 0 Å². The summed E-state index contributed by atoms with van der Waals surface area (Å²) in [7, 11) is 1.31. The highest BCUT2D eigenvalue weighted by Crippen LogP contribution is 1.92. The second kappa shape index (κ2) is 7.95. The molecule has 0 spiro atoms. The molecule has 0 aromatic rings. The zero-order chi connectivity index (χ0) is 10.8. The topological polar surface area (TPSA) is 26.3 Å². The monoisotopic (exact) mass is 190 g/mol. The van der Waals surface area contributed by atoms with Gasteiger partial charge in [-0.3, -0.25) is 0 Å². The van der Waals surface area contributed by atoms with Crippen molar-refractivity contribution in [2.24, 2.45) is 0 Å². The fourth-order valence-corrected chi connectivity index (χ4v) is 0.664. The number of unbranched alkanes of at least 4 members (excludes halogenated alkanes) is 2. The quantitative estimate of drug-likeness (QED) is 0.288. The van der Waals surface area contributed by atoms with Crippen LogP contribution in [0.25, 0.3) is 0 Å². The van der Waals surface area contributed by atoms with E-state index in [9.17, 15) is 4.79 Å². The fourth-order valence-electron chi connectivity index (χ4n) is 0.664. The fraction of sp³-hybridized carbons (Fsp3) is 0.417. The first-order chi connectivity index (χ1) is 6.66. The van der Waals surface area contributed by atoms with E-state index in [0.29, 0.717) is 6.42 Å². The molecule has 0 aromatic carbocycles. The minimum absolute atomic E-state index is 0.488. The molecule has 0 heterocycles. The van der Waals surface area contributed by atoms with E-state index in [0.717, 1.165) is 18.4 Å². The third kappa shape index (κ3) is 8.43. The minimum atomic E-state index is -0.488. The number of methoxy groups -OCH3 is 1. The molecule has 0 rings (SSSR count). The van der Waals surface area contributed by atoms with Gasteiger partial charge in [0, 0.05) is 18.8 Å². The van der Waals surface area contributed by atoms with Crippen molar-refractivity contribution in [3.05, 3.63) is 12.2 Å². The maximum atomic E-state index is 10.6. The first-order valence-electron chi connectivity index (χ1n) is 4.38. The molecule has 74 valence electrons. The van der Waals surface area contributed by atoms with Crippen molar-refractivity contribution in [1.29, 1.82) is 0 Å². The molecule has 0 saturated carbocycles. The first kappa shape index (κ1) is 12.3. The van der Waals surface area contributed by atoms with Crippen molar-refractivity contribution in [3.63, 3.8) is 0 Å². The average Bonchev–Trinajstić information content (AvgIpc) is 2.15.